The molecule has 0 bridgehead atoms. The van der Waals surface area contributed by atoms with Crippen LogP contribution in [0.15, 0.2) is 36.5 Å². The molecule has 1 heterocycles. The van der Waals surface area contributed by atoms with Gasteiger partial charge in [-0.3, -0.25) is 0 Å². The average molecular weight is 294 g/mol. The highest BCUT2D eigenvalue weighted by Gasteiger charge is 2.20. The molecule has 21 heavy (non-hydrogen) atoms. The summed E-state index contributed by atoms with van der Waals surface area (Å²) in [6, 6.07) is 7.20. The zero-order chi connectivity index (χ0) is 15.0. The minimum absolute atomic E-state index is 0.169. The van der Waals surface area contributed by atoms with Gasteiger partial charge in [-0.25, -0.2) is 23.1 Å². The number of benzene rings is 2. The molecule has 3 aromatic rings. The Hall–Kier alpha value is -2.70. The largest absolute Gasteiger partial charge is 0.434 e. The lowest BCUT2D eigenvalue weighted by Gasteiger charge is -2.07. The Labute approximate surface area is 115 Å². The van der Waals surface area contributed by atoms with Crippen molar-refractivity contribution in [3.63, 3.8) is 0 Å². The van der Waals surface area contributed by atoms with Gasteiger partial charge >= 0.3 is 0 Å². The number of aromatic nitrogens is 2. The monoisotopic (exact) mass is 294 g/mol. The van der Waals surface area contributed by atoms with Gasteiger partial charge in [0.2, 0.25) is 17.5 Å². The third kappa shape index (κ3) is 2.37. The van der Waals surface area contributed by atoms with Crippen LogP contribution in [0.1, 0.15) is 0 Å². The minimum Gasteiger partial charge on any atom is -0.434 e. The second-order valence-corrected chi connectivity index (χ2v) is 4.10. The van der Waals surface area contributed by atoms with Crippen LogP contribution in [-0.2, 0) is 0 Å². The maximum Gasteiger partial charge on any atom is 0.238 e. The van der Waals surface area contributed by atoms with Crippen molar-refractivity contribution in [2.45, 2.75) is 0 Å². The van der Waals surface area contributed by atoms with E-state index in [-0.39, 0.29) is 5.88 Å². The Morgan fingerprint density at radius 3 is 2.33 bits per heavy atom. The highest BCUT2D eigenvalue weighted by Crippen LogP contribution is 2.28. The van der Waals surface area contributed by atoms with E-state index < -0.39 is 29.0 Å². The SMILES string of the molecule is Fc1cc(Oc2cnc3ccccc3n2)c(F)c(F)c1F. The number of para-hydroxylation sites is 2. The predicted molar refractivity (Wildman–Crippen MR) is 65.9 cm³/mol. The summed E-state index contributed by atoms with van der Waals surface area (Å²) >= 11 is 0. The summed E-state index contributed by atoms with van der Waals surface area (Å²) in [5, 5.41) is 0. The highest BCUT2D eigenvalue weighted by molar-refractivity contribution is 5.74. The van der Waals surface area contributed by atoms with Gasteiger partial charge in [0.05, 0.1) is 17.2 Å². The number of ether oxygens (including phenoxy) is 1. The van der Waals surface area contributed by atoms with Crippen molar-refractivity contribution in [3.05, 3.63) is 59.8 Å². The normalized spacial score (nSPS) is 10.9. The molecule has 0 atom stereocenters. The van der Waals surface area contributed by atoms with E-state index in [4.69, 9.17) is 4.74 Å². The van der Waals surface area contributed by atoms with Crippen molar-refractivity contribution in [3.8, 4) is 11.6 Å². The smallest absolute Gasteiger partial charge is 0.238 e. The molecule has 7 heteroatoms. The molecule has 0 aliphatic rings. The maximum absolute atomic E-state index is 13.5. The second-order valence-electron chi connectivity index (χ2n) is 4.10. The van der Waals surface area contributed by atoms with Crippen molar-refractivity contribution in [2.75, 3.05) is 0 Å². The fourth-order valence-electron chi connectivity index (χ4n) is 1.73. The molecular weight excluding hydrogens is 288 g/mol. The molecule has 0 aliphatic heterocycles. The van der Waals surface area contributed by atoms with Gasteiger partial charge in [-0.2, -0.15) is 4.39 Å². The maximum atomic E-state index is 13.5. The van der Waals surface area contributed by atoms with Gasteiger partial charge < -0.3 is 4.74 Å². The Morgan fingerprint density at radius 1 is 0.857 bits per heavy atom. The summed E-state index contributed by atoms with van der Waals surface area (Å²) in [5.74, 6) is -8.02. The van der Waals surface area contributed by atoms with Crippen LogP contribution in [-0.4, -0.2) is 9.97 Å². The van der Waals surface area contributed by atoms with Gasteiger partial charge in [0.25, 0.3) is 0 Å². The molecule has 0 N–H and O–H groups in total. The third-order valence-corrected chi connectivity index (χ3v) is 2.71. The van der Waals surface area contributed by atoms with Crippen molar-refractivity contribution in [1.29, 1.82) is 0 Å². The zero-order valence-electron chi connectivity index (χ0n) is 10.3. The van der Waals surface area contributed by atoms with E-state index >= 15 is 0 Å². The Kier molecular flexibility index (Phi) is 3.17. The highest BCUT2D eigenvalue weighted by atomic mass is 19.2. The van der Waals surface area contributed by atoms with E-state index in [1.165, 1.54) is 6.20 Å². The predicted octanol–water partition coefficient (Wildman–Crippen LogP) is 3.98. The molecule has 3 nitrogen and oxygen atoms in total. The van der Waals surface area contributed by atoms with E-state index in [1.807, 2.05) is 0 Å². The first-order chi connectivity index (χ1) is 10.1. The van der Waals surface area contributed by atoms with Crippen LogP contribution >= 0.6 is 0 Å². The van der Waals surface area contributed by atoms with E-state index in [0.717, 1.165) is 0 Å². The molecule has 3 rings (SSSR count). The molecule has 2 aromatic carbocycles. The zero-order valence-corrected chi connectivity index (χ0v) is 10.3. The van der Waals surface area contributed by atoms with E-state index in [9.17, 15) is 17.6 Å². The Morgan fingerprint density at radius 2 is 1.57 bits per heavy atom. The fourth-order valence-corrected chi connectivity index (χ4v) is 1.73. The van der Waals surface area contributed by atoms with Crippen molar-refractivity contribution < 1.29 is 22.3 Å². The van der Waals surface area contributed by atoms with Crippen LogP contribution in [0, 0.1) is 23.3 Å². The molecule has 0 saturated heterocycles. The number of rotatable bonds is 2. The first-order valence-corrected chi connectivity index (χ1v) is 5.79. The lowest BCUT2D eigenvalue weighted by molar-refractivity contribution is 0.366. The lowest BCUT2D eigenvalue weighted by Crippen LogP contribution is -2.00. The van der Waals surface area contributed by atoms with Crippen LogP contribution in [0.25, 0.3) is 11.0 Å². The molecule has 0 radical (unpaired) electrons. The van der Waals surface area contributed by atoms with E-state index in [0.29, 0.717) is 17.1 Å². The first kappa shape index (κ1) is 13.3. The van der Waals surface area contributed by atoms with E-state index in [2.05, 4.69) is 9.97 Å². The molecule has 1 aromatic heterocycles. The second kappa shape index (κ2) is 5.01. The molecule has 106 valence electrons. The average Bonchev–Trinajstić information content (AvgIpc) is 2.50. The number of hydrogen-bond donors (Lipinski definition) is 0. The van der Waals surface area contributed by atoms with E-state index in [1.54, 1.807) is 24.3 Å². The van der Waals surface area contributed by atoms with Crippen LogP contribution in [0.5, 0.6) is 11.6 Å². The van der Waals surface area contributed by atoms with Crippen LogP contribution in [0.4, 0.5) is 17.6 Å². The van der Waals surface area contributed by atoms with Crippen LogP contribution < -0.4 is 4.74 Å². The summed E-state index contributed by atoms with van der Waals surface area (Å²) in [5.41, 5.74) is 1.03. The minimum atomic E-state index is -1.95. The molecule has 0 aliphatic carbocycles. The van der Waals surface area contributed by atoms with Crippen molar-refractivity contribution in [2.24, 2.45) is 0 Å². The molecule has 0 fully saturated rings. The first-order valence-electron chi connectivity index (χ1n) is 5.79. The van der Waals surface area contributed by atoms with Gasteiger partial charge in [-0.15, -0.1) is 0 Å². The number of hydrogen-bond acceptors (Lipinski definition) is 3. The summed E-state index contributed by atoms with van der Waals surface area (Å²) in [6.45, 7) is 0. The van der Waals surface area contributed by atoms with Gasteiger partial charge in [-0.05, 0) is 12.1 Å². The fraction of sp³-hybridized carbons (Fsp3) is 0. The quantitative estimate of drug-likeness (QED) is 0.407. The molecule has 0 spiro atoms. The van der Waals surface area contributed by atoms with Crippen LogP contribution in [0.3, 0.4) is 0 Å². The molecule has 0 amide bonds. The number of halogens is 4. The van der Waals surface area contributed by atoms with Crippen molar-refractivity contribution in [1.82, 2.24) is 9.97 Å². The number of nitrogens with zero attached hydrogens (tertiary/aromatic N) is 2. The molecule has 0 unspecified atom stereocenters. The summed E-state index contributed by atoms with van der Waals surface area (Å²) in [4.78, 5) is 8.00. The number of fused-ring (bicyclic) bond motifs is 1. The molecular formula is C14H6F4N2O. The summed E-state index contributed by atoms with van der Waals surface area (Å²) in [6.07, 6.45) is 1.17. The third-order valence-electron chi connectivity index (χ3n) is 2.71. The van der Waals surface area contributed by atoms with Gasteiger partial charge in [0.15, 0.2) is 17.4 Å². The van der Waals surface area contributed by atoms with Gasteiger partial charge in [0, 0.05) is 6.07 Å². The van der Waals surface area contributed by atoms with Crippen molar-refractivity contribution >= 4 is 11.0 Å². The van der Waals surface area contributed by atoms with Crippen LogP contribution in [0.2, 0.25) is 0 Å². The Bertz CT molecular complexity index is 839. The summed E-state index contributed by atoms with van der Waals surface area (Å²) < 4.78 is 57.5. The Balaban J connectivity index is 2.02. The lowest BCUT2D eigenvalue weighted by atomic mass is 10.3. The summed E-state index contributed by atoms with van der Waals surface area (Å²) in [7, 11) is 0. The van der Waals surface area contributed by atoms with Gasteiger partial charge in [0.1, 0.15) is 0 Å². The standard InChI is InChI=1S/C14H6F4N2O/c15-7-5-10(13(17)14(18)12(7)16)21-11-6-19-8-3-1-2-4-9(8)20-11/h1-6H. The topological polar surface area (TPSA) is 35.0 Å². The van der Waals surface area contributed by atoms with Gasteiger partial charge in [-0.1, -0.05) is 12.1 Å². The molecule has 0 saturated carbocycles.